The zero-order chi connectivity index (χ0) is 15.2. The number of hydrogen-bond acceptors (Lipinski definition) is 3. The molecule has 0 spiro atoms. The molecule has 21 heavy (non-hydrogen) atoms. The Balaban J connectivity index is 2.01. The van der Waals surface area contributed by atoms with Crippen molar-refractivity contribution in [3.63, 3.8) is 0 Å². The van der Waals surface area contributed by atoms with E-state index in [1.807, 2.05) is 42.5 Å². The summed E-state index contributed by atoms with van der Waals surface area (Å²) in [6.07, 6.45) is 0.945. The molecule has 1 aromatic carbocycles. The molecule has 0 radical (unpaired) electrons. The van der Waals surface area contributed by atoms with E-state index in [0.717, 1.165) is 18.7 Å². The molecule has 1 amide bonds. The number of hydrogen-bond donors (Lipinski definition) is 2. The first-order chi connectivity index (χ1) is 10.1. The van der Waals surface area contributed by atoms with E-state index in [1.165, 1.54) is 15.3 Å². The van der Waals surface area contributed by atoms with Crippen LogP contribution in [0.25, 0.3) is 0 Å². The molecule has 4 heteroatoms. The molecule has 0 bridgehead atoms. The summed E-state index contributed by atoms with van der Waals surface area (Å²) in [7, 11) is 0. The predicted octanol–water partition coefficient (Wildman–Crippen LogP) is 4.12. The van der Waals surface area contributed by atoms with Crippen LogP contribution in [0.1, 0.15) is 39.0 Å². The summed E-state index contributed by atoms with van der Waals surface area (Å²) in [4.78, 5) is 14.6. The topological polar surface area (TPSA) is 41.1 Å². The van der Waals surface area contributed by atoms with E-state index in [2.05, 4.69) is 30.5 Å². The highest BCUT2D eigenvalue weighted by atomic mass is 32.1. The van der Waals surface area contributed by atoms with Crippen molar-refractivity contribution in [1.82, 2.24) is 5.32 Å². The molecule has 0 aliphatic rings. The highest BCUT2D eigenvalue weighted by Gasteiger charge is 2.06. The third kappa shape index (κ3) is 4.33. The Morgan fingerprint density at radius 2 is 2.05 bits per heavy atom. The Labute approximate surface area is 130 Å². The van der Waals surface area contributed by atoms with Crippen LogP contribution in [0.15, 0.2) is 30.3 Å². The summed E-state index contributed by atoms with van der Waals surface area (Å²) in [6.45, 7) is 7.81. The van der Waals surface area contributed by atoms with Gasteiger partial charge in [0.05, 0.1) is 0 Å². The highest BCUT2D eigenvalue weighted by molar-refractivity contribution is 7.12. The van der Waals surface area contributed by atoms with Crippen LogP contribution in [0, 0.1) is 13.8 Å². The molecular formula is C17H22N2OS. The average molecular weight is 302 g/mol. The minimum atomic E-state index is -0.0111. The number of benzene rings is 1. The van der Waals surface area contributed by atoms with Crippen molar-refractivity contribution in [3.8, 4) is 0 Å². The lowest BCUT2D eigenvalue weighted by Crippen LogP contribution is -2.23. The molecule has 1 aromatic heterocycles. The minimum absolute atomic E-state index is 0.0111. The van der Waals surface area contributed by atoms with Crippen LogP contribution >= 0.6 is 11.3 Å². The lowest BCUT2D eigenvalue weighted by Gasteiger charge is -2.08. The van der Waals surface area contributed by atoms with Gasteiger partial charge in [-0.2, -0.15) is 0 Å². The van der Waals surface area contributed by atoms with Gasteiger partial charge in [0, 0.05) is 34.1 Å². The van der Waals surface area contributed by atoms with Crippen LogP contribution in [0.2, 0.25) is 0 Å². The first-order valence-corrected chi connectivity index (χ1v) is 8.10. The number of amides is 1. The van der Waals surface area contributed by atoms with Gasteiger partial charge in [-0.05, 0) is 50.1 Å². The van der Waals surface area contributed by atoms with E-state index in [1.54, 1.807) is 0 Å². The Hall–Kier alpha value is -1.81. The molecule has 0 atom stereocenters. The molecule has 2 rings (SSSR count). The second kappa shape index (κ2) is 7.27. The van der Waals surface area contributed by atoms with Crippen molar-refractivity contribution >= 4 is 22.9 Å². The number of anilines is 1. The molecule has 0 aliphatic carbocycles. The second-order valence-electron chi connectivity index (χ2n) is 5.13. The van der Waals surface area contributed by atoms with Gasteiger partial charge in [-0.3, -0.25) is 4.79 Å². The maximum Gasteiger partial charge on any atom is 0.251 e. The van der Waals surface area contributed by atoms with E-state index in [0.29, 0.717) is 12.1 Å². The molecule has 0 fully saturated rings. The number of aryl methyl sites for hydroxylation is 2. The smallest absolute Gasteiger partial charge is 0.251 e. The van der Waals surface area contributed by atoms with E-state index in [9.17, 15) is 4.79 Å². The number of rotatable bonds is 6. The Morgan fingerprint density at radius 1 is 1.24 bits per heavy atom. The molecule has 3 nitrogen and oxygen atoms in total. The van der Waals surface area contributed by atoms with Gasteiger partial charge in [0.1, 0.15) is 0 Å². The zero-order valence-electron chi connectivity index (χ0n) is 12.8. The minimum Gasteiger partial charge on any atom is -0.381 e. The lowest BCUT2D eigenvalue weighted by atomic mass is 10.1. The molecular weight excluding hydrogens is 280 g/mol. The maximum absolute atomic E-state index is 12.0. The zero-order valence-corrected chi connectivity index (χ0v) is 13.6. The van der Waals surface area contributed by atoms with E-state index in [-0.39, 0.29) is 5.91 Å². The van der Waals surface area contributed by atoms with Gasteiger partial charge in [0.15, 0.2) is 0 Å². The van der Waals surface area contributed by atoms with Crippen LogP contribution < -0.4 is 10.6 Å². The molecule has 0 saturated heterocycles. The van der Waals surface area contributed by atoms with Gasteiger partial charge < -0.3 is 10.6 Å². The van der Waals surface area contributed by atoms with Gasteiger partial charge in [-0.25, -0.2) is 0 Å². The summed E-state index contributed by atoms with van der Waals surface area (Å²) < 4.78 is 0. The summed E-state index contributed by atoms with van der Waals surface area (Å²) in [5.41, 5.74) is 2.99. The lowest BCUT2D eigenvalue weighted by molar-refractivity contribution is 0.0953. The van der Waals surface area contributed by atoms with Gasteiger partial charge in [-0.15, -0.1) is 11.3 Å². The van der Waals surface area contributed by atoms with Crippen LogP contribution in [-0.2, 0) is 6.54 Å². The number of nitrogens with one attached hydrogen (secondary N) is 2. The van der Waals surface area contributed by atoms with E-state index in [4.69, 9.17) is 0 Å². The number of thiophene rings is 1. The normalized spacial score (nSPS) is 10.4. The summed E-state index contributed by atoms with van der Waals surface area (Å²) in [6, 6.07) is 9.86. The first-order valence-electron chi connectivity index (χ1n) is 7.28. The summed E-state index contributed by atoms with van der Waals surface area (Å²) in [5, 5.41) is 6.29. The molecule has 1 heterocycles. The molecule has 112 valence electrons. The van der Waals surface area contributed by atoms with Crippen molar-refractivity contribution < 1.29 is 4.79 Å². The molecule has 0 saturated carbocycles. The third-order valence-corrected chi connectivity index (χ3v) is 4.30. The SMILES string of the molecule is CCCNC(=O)c1cccc(NCc2cc(C)sc2C)c1. The molecule has 0 aliphatic heterocycles. The summed E-state index contributed by atoms with van der Waals surface area (Å²) >= 11 is 1.82. The standard InChI is InChI=1S/C17H22N2OS/c1-4-8-18-17(20)14-6-5-7-16(10-14)19-11-15-9-12(2)21-13(15)3/h5-7,9-10,19H,4,8,11H2,1-3H3,(H,18,20). The van der Waals surface area contributed by atoms with Crippen LogP contribution in [0.3, 0.4) is 0 Å². The van der Waals surface area contributed by atoms with Crippen molar-refractivity contribution in [3.05, 3.63) is 51.2 Å². The number of carbonyl (C=O) groups excluding carboxylic acids is 1. The van der Waals surface area contributed by atoms with Gasteiger partial charge in [0.25, 0.3) is 5.91 Å². The van der Waals surface area contributed by atoms with Crippen molar-refractivity contribution in [1.29, 1.82) is 0 Å². The molecule has 2 N–H and O–H groups in total. The van der Waals surface area contributed by atoms with E-state index >= 15 is 0 Å². The van der Waals surface area contributed by atoms with Crippen molar-refractivity contribution in [2.75, 3.05) is 11.9 Å². The largest absolute Gasteiger partial charge is 0.381 e. The second-order valence-corrected chi connectivity index (χ2v) is 6.59. The van der Waals surface area contributed by atoms with Gasteiger partial charge in [-0.1, -0.05) is 13.0 Å². The Kier molecular flexibility index (Phi) is 5.39. The Morgan fingerprint density at radius 3 is 2.71 bits per heavy atom. The fourth-order valence-electron chi connectivity index (χ4n) is 2.17. The highest BCUT2D eigenvalue weighted by Crippen LogP contribution is 2.21. The van der Waals surface area contributed by atoms with Crippen LogP contribution in [-0.4, -0.2) is 12.5 Å². The van der Waals surface area contributed by atoms with E-state index < -0.39 is 0 Å². The molecule has 2 aromatic rings. The number of carbonyl (C=O) groups is 1. The fourth-order valence-corrected chi connectivity index (χ4v) is 3.11. The quantitative estimate of drug-likeness (QED) is 0.843. The first kappa shape index (κ1) is 15.6. The monoisotopic (exact) mass is 302 g/mol. The van der Waals surface area contributed by atoms with Crippen LogP contribution in [0.5, 0.6) is 0 Å². The van der Waals surface area contributed by atoms with Crippen molar-refractivity contribution in [2.24, 2.45) is 0 Å². The van der Waals surface area contributed by atoms with Gasteiger partial charge >= 0.3 is 0 Å². The Bertz CT molecular complexity index is 619. The molecule has 0 unspecified atom stereocenters. The average Bonchev–Trinajstić information content (AvgIpc) is 2.81. The third-order valence-electron chi connectivity index (χ3n) is 3.29. The maximum atomic E-state index is 12.0. The van der Waals surface area contributed by atoms with Crippen LogP contribution in [0.4, 0.5) is 5.69 Å². The van der Waals surface area contributed by atoms with Gasteiger partial charge in [0.2, 0.25) is 0 Å². The predicted molar refractivity (Wildman–Crippen MR) is 90.2 cm³/mol. The fraction of sp³-hybridized carbons (Fsp3) is 0.353. The van der Waals surface area contributed by atoms with Crippen molar-refractivity contribution in [2.45, 2.75) is 33.7 Å². The summed E-state index contributed by atoms with van der Waals surface area (Å²) in [5.74, 6) is -0.0111.